The largest absolute Gasteiger partial charge is 0.491 e. The Labute approximate surface area is 197 Å². The number of allylic oxidation sites excluding steroid dienone is 1. The monoisotopic (exact) mass is 474 g/mol. The SMILES string of the molecule is CSc1ccc(NC(=O)O[C@H](c2ccc(OCCO)cc2)[C@@H](C)CC/C=C/C(=O)NO)cc1. The highest BCUT2D eigenvalue weighted by molar-refractivity contribution is 7.98. The maximum atomic E-state index is 12.6. The number of aliphatic hydroxyl groups excluding tert-OH is 1. The minimum Gasteiger partial charge on any atom is -0.491 e. The van der Waals surface area contributed by atoms with Crippen molar-refractivity contribution in [3.05, 3.63) is 66.2 Å². The summed E-state index contributed by atoms with van der Waals surface area (Å²) < 4.78 is 11.2. The number of hydroxylamine groups is 1. The van der Waals surface area contributed by atoms with Crippen LogP contribution in [0.3, 0.4) is 0 Å². The molecule has 0 spiro atoms. The van der Waals surface area contributed by atoms with E-state index in [4.69, 9.17) is 19.8 Å². The molecule has 2 atom stereocenters. The Bertz CT molecular complexity index is 902. The molecule has 0 saturated carbocycles. The van der Waals surface area contributed by atoms with Gasteiger partial charge in [0.05, 0.1) is 6.61 Å². The first-order valence-electron chi connectivity index (χ1n) is 10.5. The summed E-state index contributed by atoms with van der Waals surface area (Å²) in [7, 11) is 0. The second-order valence-corrected chi connectivity index (χ2v) is 8.13. The van der Waals surface area contributed by atoms with Crippen LogP contribution in [0.25, 0.3) is 0 Å². The van der Waals surface area contributed by atoms with Crippen LogP contribution in [0.2, 0.25) is 0 Å². The lowest BCUT2D eigenvalue weighted by Gasteiger charge is -2.25. The Kier molecular flexibility index (Phi) is 11.3. The van der Waals surface area contributed by atoms with Crippen LogP contribution in [0.15, 0.2) is 65.6 Å². The van der Waals surface area contributed by atoms with Gasteiger partial charge >= 0.3 is 6.09 Å². The average molecular weight is 475 g/mol. The second kappa shape index (κ2) is 14.2. The van der Waals surface area contributed by atoms with Crippen LogP contribution in [0.1, 0.15) is 31.4 Å². The first-order valence-corrected chi connectivity index (χ1v) is 11.7. The van der Waals surface area contributed by atoms with Crippen LogP contribution in [-0.4, -0.2) is 41.8 Å². The molecule has 0 fully saturated rings. The molecule has 0 aliphatic heterocycles. The van der Waals surface area contributed by atoms with Crippen molar-refractivity contribution in [2.75, 3.05) is 24.8 Å². The van der Waals surface area contributed by atoms with E-state index in [9.17, 15) is 9.59 Å². The van der Waals surface area contributed by atoms with E-state index in [1.807, 2.05) is 49.6 Å². The molecule has 2 rings (SSSR count). The van der Waals surface area contributed by atoms with Crippen LogP contribution in [0.5, 0.6) is 5.75 Å². The molecule has 178 valence electrons. The molecular weight excluding hydrogens is 444 g/mol. The summed E-state index contributed by atoms with van der Waals surface area (Å²) in [5.74, 6) is -0.0584. The Morgan fingerprint density at radius 2 is 1.82 bits per heavy atom. The minimum atomic E-state index is -0.596. The number of carbonyl (C=O) groups is 2. The van der Waals surface area contributed by atoms with Gasteiger partial charge < -0.3 is 14.6 Å². The topological polar surface area (TPSA) is 117 Å². The van der Waals surface area contributed by atoms with E-state index in [0.717, 1.165) is 10.5 Å². The van der Waals surface area contributed by atoms with Gasteiger partial charge in [-0.15, -0.1) is 11.8 Å². The molecule has 0 saturated heterocycles. The fraction of sp³-hybridized carbons (Fsp3) is 0.333. The predicted molar refractivity (Wildman–Crippen MR) is 128 cm³/mol. The van der Waals surface area contributed by atoms with Crippen molar-refractivity contribution in [3.63, 3.8) is 0 Å². The van der Waals surface area contributed by atoms with Gasteiger partial charge in [0.2, 0.25) is 0 Å². The van der Waals surface area contributed by atoms with Crippen LogP contribution < -0.4 is 15.5 Å². The number of carbonyl (C=O) groups excluding carboxylic acids is 2. The maximum Gasteiger partial charge on any atom is 0.412 e. The highest BCUT2D eigenvalue weighted by Crippen LogP contribution is 2.31. The van der Waals surface area contributed by atoms with Crippen molar-refractivity contribution < 1.29 is 29.4 Å². The van der Waals surface area contributed by atoms with Crippen LogP contribution in [-0.2, 0) is 9.53 Å². The second-order valence-electron chi connectivity index (χ2n) is 7.25. The fourth-order valence-corrected chi connectivity index (χ4v) is 3.51. The molecular formula is C24H30N2O6S. The smallest absolute Gasteiger partial charge is 0.412 e. The standard InChI is InChI=1S/C24H30N2O6S/c1-17(5-3-4-6-22(28)26-30)23(18-7-11-20(12-8-18)31-16-15-27)32-24(29)25-19-9-13-21(33-2)14-10-19/h4,6-14,17,23,27,30H,3,5,15-16H2,1-2H3,(H,25,29)(H,26,28)/b6-4+/t17-,23-/m0/s1. The third kappa shape index (κ3) is 9.17. The average Bonchev–Trinajstić information content (AvgIpc) is 2.84. The summed E-state index contributed by atoms with van der Waals surface area (Å²) in [6.45, 7) is 2.08. The molecule has 2 amide bonds. The number of thioether (sulfide) groups is 1. The lowest BCUT2D eigenvalue weighted by molar-refractivity contribution is -0.124. The molecule has 0 radical (unpaired) electrons. The lowest BCUT2D eigenvalue weighted by Crippen LogP contribution is -2.22. The van der Waals surface area contributed by atoms with E-state index in [-0.39, 0.29) is 19.1 Å². The van der Waals surface area contributed by atoms with Crippen LogP contribution in [0.4, 0.5) is 10.5 Å². The number of aliphatic hydroxyl groups is 1. The van der Waals surface area contributed by atoms with E-state index in [1.165, 1.54) is 6.08 Å². The molecule has 33 heavy (non-hydrogen) atoms. The lowest BCUT2D eigenvalue weighted by atomic mass is 9.93. The molecule has 0 heterocycles. The number of ether oxygens (including phenoxy) is 2. The summed E-state index contributed by atoms with van der Waals surface area (Å²) >= 11 is 1.61. The molecule has 2 aromatic rings. The zero-order valence-electron chi connectivity index (χ0n) is 18.7. The van der Waals surface area contributed by atoms with Gasteiger partial charge in [0.25, 0.3) is 5.91 Å². The summed E-state index contributed by atoms with van der Waals surface area (Å²) in [5, 5.41) is 20.2. The first-order chi connectivity index (χ1) is 16.0. The highest BCUT2D eigenvalue weighted by atomic mass is 32.2. The zero-order valence-corrected chi connectivity index (χ0v) is 19.5. The Morgan fingerprint density at radius 3 is 2.42 bits per heavy atom. The number of anilines is 1. The molecule has 8 nitrogen and oxygen atoms in total. The van der Waals surface area contributed by atoms with Gasteiger partial charge in [0.15, 0.2) is 0 Å². The molecule has 0 aliphatic rings. The third-order valence-corrected chi connectivity index (χ3v) is 5.57. The number of amides is 2. The molecule has 0 unspecified atom stereocenters. The van der Waals surface area contributed by atoms with E-state index in [2.05, 4.69) is 5.32 Å². The van der Waals surface area contributed by atoms with Crippen molar-refractivity contribution >= 4 is 29.4 Å². The fourth-order valence-electron chi connectivity index (χ4n) is 3.11. The van der Waals surface area contributed by atoms with E-state index in [1.54, 1.807) is 35.5 Å². The minimum absolute atomic E-state index is 0.0688. The highest BCUT2D eigenvalue weighted by Gasteiger charge is 2.23. The molecule has 0 aromatic heterocycles. The van der Waals surface area contributed by atoms with Crippen LogP contribution >= 0.6 is 11.8 Å². The van der Waals surface area contributed by atoms with E-state index in [0.29, 0.717) is 24.3 Å². The van der Waals surface area contributed by atoms with Crippen LogP contribution in [0, 0.1) is 5.92 Å². The quantitative estimate of drug-likeness (QED) is 0.154. The van der Waals surface area contributed by atoms with Gasteiger partial charge in [-0.05, 0) is 67.0 Å². The zero-order chi connectivity index (χ0) is 24.1. The van der Waals surface area contributed by atoms with Gasteiger partial charge in [0, 0.05) is 16.7 Å². The molecule has 2 aromatic carbocycles. The van der Waals surface area contributed by atoms with Gasteiger partial charge in [-0.2, -0.15) is 0 Å². The van der Waals surface area contributed by atoms with Crippen molar-refractivity contribution in [2.45, 2.75) is 30.8 Å². The Hall–Kier alpha value is -3.01. The van der Waals surface area contributed by atoms with E-state index >= 15 is 0 Å². The van der Waals surface area contributed by atoms with Crippen molar-refractivity contribution in [1.82, 2.24) is 5.48 Å². The molecule has 0 bridgehead atoms. The first kappa shape index (κ1) is 26.2. The Balaban J connectivity index is 2.10. The summed E-state index contributed by atoms with van der Waals surface area (Å²) in [6.07, 6.45) is 4.97. The molecule has 4 N–H and O–H groups in total. The predicted octanol–water partition coefficient (Wildman–Crippen LogP) is 4.55. The normalized spacial score (nSPS) is 12.7. The Morgan fingerprint density at radius 1 is 1.12 bits per heavy atom. The summed E-state index contributed by atoms with van der Waals surface area (Å²) in [4.78, 5) is 24.8. The number of hydrogen-bond donors (Lipinski definition) is 4. The number of rotatable bonds is 12. The van der Waals surface area contributed by atoms with E-state index < -0.39 is 18.1 Å². The van der Waals surface area contributed by atoms with Crippen molar-refractivity contribution in [3.8, 4) is 5.75 Å². The van der Waals surface area contributed by atoms with Gasteiger partial charge in [0.1, 0.15) is 18.5 Å². The number of hydrogen-bond acceptors (Lipinski definition) is 7. The summed E-state index contributed by atoms with van der Waals surface area (Å²) in [5.41, 5.74) is 2.98. The maximum absolute atomic E-state index is 12.6. The third-order valence-electron chi connectivity index (χ3n) is 4.82. The van der Waals surface area contributed by atoms with Gasteiger partial charge in [-0.25, -0.2) is 10.3 Å². The van der Waals surface area contributed by atoms with Gasteiger partial charge in [-0.1, -0.05) is 25.1 Å². The molecule has 0 aliphatic carbocycles. The summed E-state index contributed by atoms with van der Waals surface area (Å²) in [6, 6.07) is 14.6. The van der Waals surface area contributed by atoms with Gasteiger partial charge in [-0.3, -0.25) is 15.3 Å². The van der Waals surface area contributed by atoms with Crippen molar-refractivity contribution in [1.29, 1.82) is 0 Å². The number of benzene rings is 2. The van der Waals surface area contributed by atoms with Crippen molar-refractivity contribution in [2.24, 2.45) is 5.92 Å². The molecule has 9 heteroatoms. The number of nitrogens with one attached hydrogen (secondary N) is 2.